The fourth-order valence-corrected chi connectivity index (χ4v) is 2.34. The van der Waals surface area contributed by atoms with Gasteiger partial charge in [0.25, 0.3) is 0 Å². The molecule has 0 bridgehead atoms. The molecule has 0 fully saturated rings. The van der Waals surface area contributed by atoms with Crippen molar-refractivity contribution >= 4 is 17.6 Å². The first kappa shape index (κ1) is 17.5. The molecule has 0 saturated carbocycles. The first-order valence-corrected chi connectivity index (χ1v) is 7.69. The van der Waals surface area contributed by atoms with E-state index < -0.39 is 5.97 Å². The predicted molar refractivity (Wildman–Crippen MR) is 92.1 cm³/mol. The molecular formula is C19H21NO4. The van der Waals surface area contributed by atoms with Crippen LogP contribution in [0.25, 0.3) is 0 Å². The molecule has 2 rings (SSSR count). The fraction of sp³-hybridized carbons (Fsp3) is 0.263. The van der Waals surface area contributed by atoms with Crippen molar-refractivity contribution in [2.24, 2.45) is 0 Å². The lowest BCUT2D eigenvalue weighted by Gasteiger charge is -2.23. The minimum atomic E-state index is -0.543. The minimum Gasteiger partial charge on any atom is -0.497 e. The van der Waals surface area contributed by atoms with Gasteiger partial charge in [-0.15, -0.1) is 0 Å². The molecule has 1 amide bonds. The largest absolute Gasteiger partial charge is 0.497 e. The highest BCUT2D eigenvalue weighted by molar-refractivity contribution is 6.03. The molecule has 5 nitrogen and oxygen atoms in total. The van der Waals surface area contributed by atoms with Gasteiger partial charge in [0.15, 0.2) is 0 Å². The lowest BCUT2D eigenvalue weighted by Crippen LogP contribution is -2.34. The summed E-state index contributed by atoms with van der Waals surface area (Å²) in [5.41, 5.74) is 1.85. The lowest BCUT2D eigenvalue weighted by molar-refractivity contribution is -0.143. The van der Waals surface area contributed by atoms with Gasteiger partial charge in [-0.3, -0.25) is 9.59 Å². The second kappa shape index (κ2) is 8.72. The summed E-state index contributed by atoms with van der Waals surface area (Å²) in [5, 5.41) is 0. The molecule has 0 saturated heterocycles. The summed E-state index contributed by atoms with van der Waals surface area (Å²) < 4.78 is 9.74. The Balaban J connectivity index is 2.16. The molecule has 0 aliphatic carbocycles. The molecule has 0 unspecified atom stereocenters. The number of hydrogen-bond donors (Lipinski definition) is 0. The van der Waals surface area contributed by atoms with Crippen LogP contribution in [0.1, 0.15) is 12.0 Å². The number of anilines is 1. The Labute approximate surface area is 141 Å². The number of esters is 1. The molecule has 0 aliphatic heterocycles. The Morgan fingerprint density at radius 2 is 1.62 bits per heavy atom. The van der Waals surface area contributed by atoms with Gasteiger partial charge in [0.1, 0.15) is 12.2 Å². The number of ether oxygens (including phenoxy) is 2. The number of nitrogens with zero attached hydrogens (tertiary/aromatic N) is 1. The summed E-state index contributed by atoms with van der Waals surface area (Å²) in [7, 11) is 2.86. The Hall–Kier alpha value is -2.82. The van der Waals surface area contributed by atoms with E-state index in [1.165, 1.54) is 7.11 Å². The van der Waals surface area contributed by atoms with E-state index in [-0.39, 0.29) is 12.3 Å². The molecule has 24 heavy (non-hydrogen) atoms. The molecule has 2 aromatic carbocycles. The zero-order valence-corrected chi connectivity index (χ0v) is 13.9. The number of hydrogen-bond acceptors (Lipinski definition) is 4. The van der Waals surface area contributed by atoms with Crippen LogP contribution in [-0.2, 0) is 20.7 Å². The summed E-state index contributed by atoms with van der Waals surface area (Å²) >= 11 is 0. The average Bonchev–Trinajstić information content (AvgIpc) is 2.63. The van der Waals surface area contributed by atoms with Crippen molar-refractivity contribution in [3.63, 3.8) is 0 Å². The highest BCUT2D eigenvalue weighted by Gasteiger charge is 2.19. The predicted octanol–water partition coefficient (Wildman–Crippen LogP) is 2.83. The van der Waals surface area contributed by atoms with Gasteiger partial charge < -0.3 is 14.4 Å². The third-order valence-corrected chi connectivity index (χ3v) is 3.68. The maximum atomic E-state index is 12.5. The molecule has 0 spiro atoms. The zero-order chi connectivity index (χ0) is 17.4. The summed E-state index contributed by atoms with van der Waals surface area (Å²) in [6, 6.07) is 17.1. The second-order valence-corrected chi connectivity index (χ2v) is 5.23. The molecule has 2 aromatic rings. The topological polar surface area (TPSA) is 55.8 Å². The van der Waals surface area contributed by atoms with E-state index in [2.05, 4.69) is 4.74 Å². The minimum absolute atomic E-state index is 0.280. The van der Waals surface area contributed by atoms with Crippen molar-refractivity contribution in [2.45, 2.75) is 12.8 Å². The highest BCUT2D eigenvalue weighted by Crippen LogP contribution is 2.20. The molecule has 0 aromatic heterocycles. The standard InChI is InChI=1S/C19H21NO4/c1-23-17-10-8-16(9-11-17)20(18(21)14-19(22)24-2)13-12-15-6-4-3-5-7-15/h3-11H,12-14H2,1-2H3. The summed E-state index contributed by atoms with van der Waals surface area (Å²) in [6.45, 7) is 0.478. The van der Waals surface area contributed by atoms with Crippen LogP contribution in [0.3, 0.4) is 0 Å². The smallest absolute Gasteiger partial charge is 0.315 e. The number of carbonyl (C=O) groups is 2. The Bertz CT molecular complexity index is 668. The van der Waals surface area contributed by atoms with E-state index in [0.717, 1.165) is 11.3 Å². The van der Waals surface area contributed by atoms with Crippen LogP contribution >= 0.6 is 0 Å². The monoisotopic (exact) mass is 327 g/mol. The first-order valence-electron chi connectivity index (χ1n) is 7.69. The van der Waals surface area contributed by atoms with E-state index in [9.17, 15) is 9.59 Å². The van der Waals surface area contributed by atoms with Crippen molar-refractivity contribution in [3.8, 4) is 5.75 Å². The van der Waals surface area contributed by atoms with Crippen LogP contribution in [0.15, 0.2) is 54.6 Å². The van der Waals surface area contributed by atoms with Gasteiger partial charge in [0.05, 0.1) is 14.2 Å². The van der Waals surface area contributed by atoms with Crippen LogP contribution in [0.4, 0.5) is 5.69 Å². The Kier molecular flexibility index (Phi) is 6.37. The van der Waals surface area contributed by atoms with Crippen molar-refractivity contribution in [3.05, 3.63) is 60.2 Å². The van der Waals surface area contributed by atoms with Crippen LogP contribution in [-0.4, -0.2) is 32.6 Å². The number of carbonyl (C=O) groups excluding carboxylic acids is 2. The Morgan fingerprint density at radius 1 is 0.958 bits per heavy atom. The van der Waals surface area contributed by atoms with E-state index in [4.69, 9.17) is 4.74 Å². The molecular weight excluding hydrogens is 306 g/mol. The molecule has 0 aliphatic rings. The van der Waals surface area contributed by atoms with Crippen molar-refractivity contribution in [1.82, 2.24) is 0 Å². The SMILES string of the molecule is COC(=O)CC(=O)N(CCc1ccccc1)c1ccc(OC)cc1. The van der Waals surface area contributed by atoms with Crippen molar-refractivity contribution in [2.75, 3.05) is 25.7 Å². The number of methoxy groups -OCH3 is 2. The first-order chi connectivity index (χ1) is 11.6. The fourth-order valence-electron chi connectivity index (χ4n) is 2.34. The maximum Gasteiger partial charge on any atom is 0.315 e. The van der Waals surface area contributed by atoms with Crippen LogP contribution in [0.2, 0.25) is 0 Å². The van der Waals surface area contributed by atoms with E-state index in [0.29, 0.717) is 18.7 Å². The van der Waals surface area contributed by atoms with Crippen LogP contribution < -0.4 is 9.64 Å². The number of rotatable bonds is 7. The van der Waals surface area contributed by atoms with Crippen LogP contribution in [0.5, 0.6) is 5.75 Å². The van der Waals surface area contributed by atoms with Gasteiger partial charge in [-0.2, -0.15) is 0 Å². The molecule has 0 atom stereocenters. The van der Waals surface area contributed by atoms with E-state index in [1.807, 2.05) is 30.3 Å². The van der Waals surface area contributed by atoms with Gasteiger partial charge in [0, 0.05) is 12.2 Å². The third kappa shape index (κ3) is 4.84. The summed E-state index contributed by atoms with van der Waals surface area (Å²) in [5.74, 6) is -0.122. The summed E-state index contributed by atoms with van der Waals surface area (Å²) in [4.78, 5) is 25.5. The van der Waals surface area contributed by atoms with Gasteiger partial charge in [-0.05, 0) is 36.2 Å². The average molecular weight is 327 g/mol. The second-order valence-electron chi connectivity index (χ2n) is 5.23. The lowest BCUT2D eigenvalue weighted by atomic mass is 10.1. The quantitative estimate of drug-likeness (QED) is 0.580. The summed E-state index contributed by atoms with van der Waals surface area (Å²) in [6.07, 6.45) is 0.414. The molecule has 5 heteroatoms. The molecule has 126 valence electrons. The number of benzene rings is 2. The zero-order valence-electron chi connectivity index (χ0n) is 13.9. The van der Waals surface area contributed by atoms with Gasteiger partial charge in [0.2, 0.25) is 5.91 Å². The third-order valence-electron chi connectivity index (χ3n) is 3.68. The normalized spacial score (nSPS) is 10.1. The van der Waals surface area contributed by atoms with Gasteiger partial charge >= 0.3 is 5.97 Å². The molecule has 0 heterocycles. The van der Waals surface area contributed by atoms with Gasteiger partial charge in [-0.25, -0.2) is 0 Å². The van der Waals surface area contributed by atoms with Crippen molar-refractivity contribution < 1.29 is 19.1 Å². The Morgan fingerprint density at radius 3 is 2.21 bits per heavy atom. The molecule has 0 N–H and O–H groups in total. The van der Waals surface area contributed by atoms with Gasteiger partial charge in [-0.1, -0.05) is 30.3 Å². The molecule has 0 radical (unpaired) electrons. The van der Waals surface area contributed by atoms with E-state index in [1.54, 1.807) is 36.3 Å². The number of amides is 1. The highest BCUT2D eigenvalue weighted by atomic mass is 16.5. The van der Waals surface area contributed by atoms with E-state index >= 15 is 0 Å². The van der Waals surface area contributed by atoms with Crippen LogP contribution in [0, 0.1) is 0 Å². The van der Waals surface area contributed by atoms with Crippen molar-refractivity contribution in [1.29, 1.82) is 0 Å². The maximum absolute atomic E-state index is 12.5.